The number of ether oxygens (including phenoxy) is 1. The normalized spacial score (nSPS) is 12.5. The maximum absolute atomic E-state index is 11.2. The first-order valence-electron chi connectivity index (χ1n) is 5.72. The standard InChI is InChI=1S/C12H23O2/c1-4-6-7-8-9-10-11(3)12(13)14-5-2/h11H,3-10H2,1-2H3/q-1. The first-order chi connectivity index (χ1) is 6.72. The van der Waals surface area contributed by atoms with E-state index in [1.165, 1.54) is 25.7 Å². The van der Waals surface area contributed by atoms with Gasteiger partial charge < -0.3 is 11.7 Å². The Kier molecular flexibility index (Phi) is 8.70. The fraction of sp³-hybridized carbons (Fsp3) is 0.833. The van der Waals surface area contributed by atoms with E-state index in [-0.39, 0.29) is 11.9 Å². The Bertz CT molecular complexity index is 143. The molecule has 0 N–H and O–H groups in total. The van der Waals surface area contributed by atoms with Crippen LogP contribution in [0.1, 0.15) is 52.4 Å². The van der Waals surface area contributed by atoms with E-state index in [4.69, 9.17) is 4.74 Å². The number of hydrogen-bond donors (Lipinski definition) is 0. The van der Waals surface area contributed by atoms with Gasteiger partial charge in [0.25, 0.3) is 5.97 Å². The molecule has 0 radical (unpaired) electrons. The van der Waals surface area contributed by atoms with Crippen LogP contribution in [-0.4, -0.2) is 12.6 Å². The zero-order valence-corrected chi connectivity index (χ0v) is 9.55. The lowest BCUT2D eigenvalue weighted by Gasteiger charge is -2.15. The Morgan fingerprint density at radius 3 is 2.43 bits per heavy atom. The SMILES string of the molecule is [CH2-]C(CCCCCCC)C(=O)OCC. The topological polar surface area (TPSA) is 26.3 Å². The highest BCUT2D eigenvalue weighted by atomic mass is 16.5. The zero-order chi connectivity index (χ0) is 10.8. The predicted molar refractivity (Wildman–Crippen MR) is 58.9 cm³/mol. The highest BCUT2D eigenvalue weighted by Crippen LogP contribution is 2.12. The Balaban J connectivity index is 3.34. The van der Waals surface area contributed by atoms with Crippen LogP contribution in [0.4, 0.5) is 0 Å². The van der Waals surface area contributed by atoms with Crippen molar-refractivity contribution in [1.82, 2.24) is 0 Å². The van der Waals surface area contributed by atoms with Crippen LogP contribution < -0.4 is 0 Å². The third kappa shape index (κ3) is 6.93. The molecule has 2 heteroatoms. The van der Waals surface area contributed by atoms with Gasteiger partial charge in [0.15, 0.2) is 0 Å². The molecular formula is C12H23O2-. The summed E-state index contributed by atoms with van der Waals surface area (Å²) in [4.78, 5) is 11.2. The summed E-state index contributed by atoms with van der Waals surface area (Å²) >= 11 is 0. The molecule has 0 saturated heterocycles. The number of rotatable bonds is 8. The molecule has 0 aromatic carbocycles. The summed E-state index contributed by atoms with van der Waals surface area (Å²) < 4.78 is 4.88. The van der Waals surface area contributed by atoms with Crippen molar-refractivity contribution in [3.8, 4) is 0 Å². The second kappa shape index (κ2) is 9.04. The fourth-order valence-electron chi connectivity index (χ4n) is 1.37. The lowest BCUT2D eigenvalue weighted by atomic mass is 10.0. The lowest BCUT2D eigenvalue weighted by molar-refractivity contribution is -0.146. The van der Waals surface area contributed by atoms with Crippen molar-refractivity contribution in [2.75, 3.05) is 6.61 Å². The second-order valence-corrected chi connectivity index (χ2v) is 3.65. The van der Waals surface area contributed by atoms with E-state index in [0.717, 1.165) is 12.8 Å². The Morgan fingerprint density at radius 2 is 1.86 bits per heavy atom. The first-order valence-corrected chi connectivity index (χ1v) is 5.72. The Morgan fingerprint density at radius 1 is 1.21 bits per heavy atom. The van der Waals surface area contributed by atoms with Crippen molar-refractivity contribution in [2.45, 2.75) is 52.4 Å². The third-order valence-corrected chi connectivity index (χ3v) is 2.28. The molecule has 2 nitrogen and oxygen atoms in total. The fourth-order valence-corrected chi connectivity index (χ4v) is 1.37. The largest absolute Gasteiger partial charge is 0.468 e. The van der Waals surface area contributed by atoms with E-state index in [1.807, 2.05) is 6.92 Å². The molecule has 0 aliphatic rings. The summed E-state index contributed by atoms with van der Waals surface area (Å²) in [5, 5.41) is 0. The first kappa shape index (κ1) is 13.5. The van der Waals surface area contributed by atoms with Crippen LogP contribution in [0, 0.1) is 12.8 Å². The molecule has 14 heavy (non-hydrogen) atoms. The monoisotopic (exact) mass is 199 g/mol. The molecule has 0 bridgehead atoms. The molecule has 0 spiro atoms. The molecule has 0 aliphatic heterocycles. The molecule has 0 aromatic rings. The lowest BCUT2D eigenvalue weighted by Crippen LogP contribution is -2.14. The van der Waals surface area contributed by atoms with E-state index in [2.05, 4.69) is 13.8 Å². The summed E-state index contributed by atoms with van der Waals surface area (Å²) in [5.41, 5.74) is 0. The van der Waals surface area contributed by atoms with Crippen molar-refractivity contribution in [3.63, 3.8) is 0 Å². The van der Waals surface area contributed by atoms with Gasteiger partial charge in [-0.2, -0.15) is 0 Å². The van der Waals surface area contributed by atoms with E-state index in [1.54, 1.807) is 0 Å². The van der Waals surface area contributed by atoms with Crippen LogP contribution in [-0.2, 0) is 9.53 Å². The Labute approximate surface area is 88.0 Å². The molecule has 1 atom stereocenters. The Hall–Kier alpha value is -0.530. The van der Waals surface area contributed by atoms with Crippen molar-refractivity contribution >= 4 is 5.97 Å². The van der Waals surface area contributed by atoms with Crippen LogP contribution in [0.5, 0.6) is 0 Å². The third-order valence-electron chi connectivity index (χ3n) is 2.28. The van der Waals surface area contributed by atoms with Gasteiger partial charge in [-0.05, 0) is 6.92 Å². The van der Waals surface area contributed by atoms with Gasteiger partial charge in [-0.15, -0.1) is 0 Å². The van der Waals surface area contributed by atoms with Crippen LogP contribution in [0.2, 0.25) is 0 Å². The maximum atomic E-state index is 11.2. The average molecular weight is 199 g/mol. The number of esters is 1. The van der Waals surface area contributed by atoms with E-state index in [9.17, 15) is 4.79 Å². The molecule has 84 valence electrons. The van der Waals surface area contributed by atoms with Crippen LogP contribution >= 0.6 is 0 Å². The summed E-state index contributed by atoms with van der Waals surface area (Å²) in [7, 11) is 0. The van der Waals surface area contributed by atoms with E-state index >= 15 is 0 Å². The van der Waals surface area contributed by atoms with Gasteiger partial charge in [0.2, 0.25) is 0 Å². The van der Waals surface area contributed by atoms with Crippen LogP contribution in [0.25, 0.3) is 0 Å². The summed E-state index contributed by atoms with van der Waals surface area (Å²) in [6.07, 6.45) is 6.98. The quantitative estimate of drug-likeness (QED) is 0.340. The molecule has 0 fully saturated rings. The summed E-state index contributed by atoms with van der Waals surface area (Å²) in [6.45, 7) is 8.28. The number of unbranched alkanes of at least 4 members (excludes halogenated alkanes) is 4. The minimum Gasteiger partial charge on any atom is -0.468 e. The van der Waals surface area contributed by atoms with Crippen LogP contribution in [0.15, 0.2) is 0 Å². The minimum absolute atomic E-state index is 0.150. The number of carbonyl (C=O) groups is 1. The van der Waals surface area contributed by atoms with Crippen LogP contribution in [0.3, 0.4) is 0 Å². The van der Waals surface area contributed by atoms with Gasteiger partial charge >= 0.3 is 0 Å². The van der Waals surface area contributed by atoms with Crippen molar-refractivity contribution < 1.29 is 9.53 Å². The maximum Gasteiger partial charge on any atom is 0.278 e. The zero-order valence-electron chi connectivity index (χ0n) is 9.55. The molecule has 0 amide bonds. The average Bonchev–Trinajstić information content (AvgIpc) is 2.17. The number of carbonyl (C=O) groups excluding carboxylic acids is 1. The molecular weight excluding hydrogens is 176 g/mol. The summed E-state index contributed by atoms with van der Waals surface area (Å²) in [5.74, 6) is -0.320. The molecule has 0 aliphatic carbocycles. The number of hydrogen-bond acceptors (Lipinski definition) is 2. The highest BCUT2D eigenvalue weighted by molar-refractivity contribution is 5.72. The van der Waals surface area contributed by atoms with E-state index < -0.39 is 0 Å². The second-order valence-electron chi connectivity index (χ2n) is 3.65. The molecule has 0 saturated carbocycles. The van der Waals surface area contributed by atoms with Gasteiger partial charge in [0, 0.05) is 0 Å². The molecule has 0 rings (SSSR count). The van der Waals surface area contributed by atoms with Gasteiger partial charge in [-0.3, -0.25) is 4.79 Å². The minimum atomic E-state index is -0.170. The van der Waals surface area contributed by atoms with Gasteiger partial charge in [-0.1, -0.05) is 51.4 Å². The van der Waals surface area contributed by atoms with Gasteiger partial charge in [0.05, 0.1) is 6.61 Å². The van der Waals surface area contributed by atoms with E-state index in [0.29, 0.717) is 6.61 Å². The summed E-state index contributed by atoms with van der Waals surface area (Å²) in [6, 6.07) is 0. The molecule has 1 unspecified atom stereocenters. The smallest absolute Gasteiger partial charge is 0.278 e. The van der Waals surface area contributed by atoms with Crippen molar-refractivity contribution in [3.05, 3.63) is 6.92 Å². The van der Waals surface area contributed by atoms with Gasteiger partial charge in [-0.25, -0.2) is 0 Å². The van der Waals surface area contributed by atoms with Crippen molar-refractivity contribution in [1.29, 1.82) is 0 Å². The molecule has 0 aromatic heterocycles. The highest BCUT2D eigenvalue weighted by Gasteiger charge is 2.06. The van der Waals surface area contributed by atoms with Crippen molar-refractivity contribution in [2.24, 2.45) is 5.92 Å². The molecule has 0 heterocycles. The van der Waals surface area contributed by atoms with Gasteiger partial charge in [0.1, 0.15) is 0 Å². The predicted octanol–water partition coefficient (Wildman–Crippen LogP) is 3.36.